The average molecular weight is 310 g/mol. The summed E-state index contributed by atoms with van der Waals surface area (Å²) in [6.07, 6.45) is 0. The van der Waals surface area contributed by atoms with Crippen LogP contribution in [0.25, 0.3) is 11.0 Å². The van der Waals surface area contributed by atoms with Crippen molar-refractivity contribution < 1.29 is 4.42 Å². The van der Waals surface area contributed by atoms with Gasteiger partial charge in [-0.15, -0.1) is 0 Å². The lowest BCUT2D eigenvalue weighted by molar-refractivity contribution is 0.559. The van der Waals surface area contributed by atoms with E-state index in [0.717, 1.165) is 28.0 Å². The number of thioether (sulfide) groups is 1. The van der Waals surface area contributed by atoms with Crippen LogP contribution in [0.3, 0.4) is 0 Å². The van der Waals surface area contributed by atoms with Crippen molar-refractivity contribution in [3.05, 3.63) is 81.2 Å². The maximum atomic E-state index is 11.8. The Morgan fingerprint density at radius 3 is 2.45 bits per heavy atom. The molecule has 2 nitrogen and oxygen atoms in total. The van der Waals surface area contributed by atoms with Crippen LogP contribution in [0.4, 0.5) is 0 Å². The Morgan fingerprint density at radius 1 is 0.955 bits per heavy atom. The summed E-state index contributed by atoms with van der Waals surface area (Å²) in [5, 5.41) is 1.04. The molecule has 3 heteroatoms. The van der Waals surface area contributed by atoms with Gasteiger partial charge in [0, 0.05) is 23.0 Å². The lowest BCUT2D eigenvalue weighted by Crippen LogP contribution is -2.00. The summed E-state index contributed by atoms with van der Waals surface area (Å²) in [7, 11) is 0. The Hall–Kier alpha value is -2.00. The summed E-state index contributed by atoms with van der Waals surface area (Å²) >= 11 is 1.81. The van der Waals surface area contributed by atoms with E-state index in [4.69, 9.17) is 4.42 Å². The van der Waals surface area contributed by atoms with Crippen molar-refractivity contribution in [2.24, 2.45) is 0 Å². The second-order valence-electron chi connectivity index (χ2n) is 5.50. The highest BCUT2D eigenvalue weighted by Crippen LogP contribution is 2.25. The van der Waals surface area contributed by atoms with Gasteiger partial charge in [0.05, 0.1) is 0 Å². The molecule has 0 atom stereocenters. The number of rotatable bonds is 4. The monoisotopic (exact) mass is 310 g/mol. The summed E-state index contributed by atoms with van der Waals surface area (Å²) < 4.78 is 5.34. The predicted octanol–water partition coefficient (Wildman–Crippen LogP) is 4.84. The first-order chi connectivity index (χ1) is 10.6. The minimum absolute atomic E-state index is 0.272. The minimum atomic E-state index is -0.272. The van der Waals surface area contributed by atoms with Gasteiger partial charge in [0.1, 0.15) is 5.58 Å². The van der Waals surface area contributed by atoms with Crippen LogP contribution < -0.4 is 5.63 Å². The van der Waals surface area contributed by atoms with Gasteiger partial charge in [0.25, 0.3) is 0 Å². The van der Waals surface area contributed by atoms with Crippen molar-refractivity contribution in [3.8, 4) is 0 Å². The maximum Gasteiger partial charge on any atom is 0.336 e. The molecule has 0 fully saturated rings. The number of benzene rings is 2. The third kappa shape index (κ3) is 3.25. The first-order valence-electron chi connectivity index (χ1n) is 7.29. The van der Waals surface area contributed by atoms with Crippen LogP contribution in [0.2, 0.25) is 0 Å². The summed E-state index contributed by atoms with van der Waals surface area (Å²) in [4.78, 5) is 11.8. The van der Waals surface area contributed by atoms with Gasteiger partial charge < -0.3 is 4.42 Å². The molecule has 0 aliphatic rings. The summed E-state index contributed by atoms with van der Waals surface area (Å²) in [6.45, 7) is 4.12. The highest BCUT2D eigenvalue weighted by molar-refractivity contribution is 7.97. The van der Waals surface area contributed by atoms with Gasteiger partial charge in [0.2, 0.25) is 0 Å². The van der Waals surface area contributed by atoms with Gasteiger partial charge in [-0.3, -0.25) is 0 Å². The number of hydrogen-bond donors (Lipinski definition) is 0. The molecule has 1 aromatic heterocycles. The van der Waals surface area contributed by atoms with E-state index in [-0.39, 0.29) is 5.63 Å². The molecule has 0 saturated heterocycles. The fourth-order valence-corrected chi connectivity index (χ4v) is 3.44. The van der Waals surface area contributed by atoms with E-state index in [0.29, 0.717) is 5.58 Å². The molecule has 0 radical (unpaired) electrons. The van der Waals surface area contributed by atoms with Gasteiger partial charge in [-0.1, -0.05) is 30.3 Å². The molecule has 0 unspecified atom stereocenters. The smallest absolute Gasteiger partial charge is 0.336 e. The Kier molecular flexibility index (Phi) is 4.34. The third-order valence-corrected chi connectivity index (χ3v) is 4.87. The Balaban J connectivity index is 1.86. The lowest BCUT2D eigenvalue weighted by atomic mass is 10.0. The van der Waals surface area contributed by atoms with Crippen LogP contribution in [0.15, 0.2) is 57.7 Å². The van der Waals surface area contributed by atoms with E-state index < -0.39 is 0 Å². The zero-order chi connectivity index (χ0) is 15.5. The van der Waals surface area contributed by atoms with Crippen molar-refractivity contribution >= 4 is 22.7 Å². The number of aryl methyl sites for hydroxylation is 2. The molecule has 0 aliphatic carbocycles. The van der Waals surface area contributed by atoms with E-state index in [1.165, 1.54) is 11.1 Å². The second-order valence-corrected chi connectivity index (χ2v) is 6.49. The Bertz CT molecular complexity index is 850. The molecule has 112 valence electrons. The van der Waals surface area contributed by atoms with Crippen LogP contribution in [0.1, 0.15) is 22.3 Å². The molecule has 3 rings (SSSR count). The first-order valence-corrected chi connectivity index (χ1v) is 8.44. The molecule has 0 saturated carbocycles. The Labute approximate surface area is 134 Å². The standard InChI is InChI=1S/C19H18O2S/c1-13-8-17-16(10-19(20)21-18(17)9-14(13)2)12-22-11-15-6-4-3-5-7-15/h3-10H,11-12H2,1-2H3. The van der Waals surface area contributed by atoms with Gasteiger partial charge in [-0.25, -0.2) is 4.79 Å². The molecule has 3 aromatic rings. The normalized spacial score (nSPS) is 11.0. The number of fused-ring (bicyclic) bond motifs is 1. The van der Waals surface area contributed by atoms with E-state index in [2.05, 4.69) is 37.3 Å². The highest BCUT2D eigenvalue weighted by Gasteiger charge is 2.08. The molecule has 1 heterocycles. The molecule has 0 spiro atoms. The van der Waals surface area contributed by atoms with Gasteiger partial charge in [-0.05, 0) is 48.2 Å². The van der Waals surface area contributed by atoms with E-state index >= 15 is 0 Å². The first kappa shape index (κ1) is 14.9. The molecule has 0 amide bonds. The van der Waals surface area contributed by atoms with Crippen LogP contribution in [-0.2, 0) is 11.5 Å². The minimum Gasteiger partial charge on any atom is -0.423 e. The fraction of sp³-hybridized carbons (Fsp3) is 0.211. The van der Waals surface area contributed by atoms with Crippen LogP contribution in [0, 0.1) is 13.8 Å². The number of hydrogen-bond acceptors (Lipinski definition) is 3. The Morgan fingerprint density at radius 2 is 1.68 bits per heavy atom. The molecular formula is C19H18O2S. The van der Waals surface area contributed by atoms with Gasteiger partial charge in [0.15, 0.2) is 0 Å². The van der Waals surface area contributed by atoms with E-state index in [1.807, 2.05) is 30.8 Å². The van der Waals surface area contributed by atoms with E-state index in [1.54, 1.807) is 6.07 Å². The maximum absolute atomic E-state index is 11.8. The van der Waals surface area contributed by atoms with Crippen molar-refractivity contribution in [2.75, 3.05) is 0 Å². The summed E-state index contributed by atoms with van der Waals surface area (Å²) in [5.41, 5.74) is 5.12. The molecular weight excluding hydrogens is 292 g/mol. The van der Waals surface area contributed by atoms with Gasteiger partial charge in [-0.2, -0.15) is 11.8 Å². The van der Waals surface area contributed by atoms with E-state index in [9.17, 15) is 4.79 Å². The van der Waals surface area contributed by atoms with Crippen LogP contribution in [0.5, 0.6) is 0 Å². The molecule has 0 N–H and O–H groups in total. The molecule has 0 aliphatic heterocycles. The van der Waals surface area contributed by atoms with Crippen molar-refractivity contribution in [1.82, 2.24) is 0 Å². The lowest BCUT2D eigenvalue weighted by Gasteiger charge is -2.08. The largest absolute Gasteiger partial charge is 0.423 e. The molecule has 0 bridgehead atoms. The molecule has 2 aromatic carbocycles. The highest BCUT2D eigenvalue weighted by atomic mass is 32.2. The molecule has 22 heavy (non-hydrogen) atoms. The summed E-state index contributed by atoms with van der Waals surface area (Å²) in [6, 6.07) is 16.1. The average Bonchev–Trinajstić information content (AvgIpc) is 2.50. The third-order valence-electron chi connectivity index (χ3n) is 3.81. The van der Waals surface area contributed by atoms with Crippen LogP contribution in [-0.4, -0.2) is 0 Å². The zero-order valence-electron chi connectivity index (χ0n) is 12.8. The zero-order valence-corrected chi connectivity index (χ0v) is 13.6. The van der Waals surface area contributed by atoms with Crippen molar-refractivity contribution in [1.29, 1.82) is 0 Å². The SMILES string of the molecule is Cc1cc2oc(=O)cc(CSCc3ccccc3)c2cc1C. The van der Waals surface area contributed by atoms with Crippen molar-refractivity contribution in [3.63, 3.8) is 0 Å². The van der Waals surface area contributed by atoms with Gasteiger partial charge >= 0.3 is 5.63 Å². The topological polar surface area (TPSA) is 30.2 Å². The fourth-order valence-electron chi connectivity index (χ4n) is 2.46. The van der Waals surface area contributed by atoms with Crippen LogP contribution >= 0.6 is 11.8 Å². The quantitative estimate of drug-likeness (QED) is 0.646. The second kappa shape index (κ2) is 6.41. The summed E-state index contributed by atoms with van der Waals surface area (Å²) in [5.74, 6) is 1.74. The van der Waals surface area contributed by atoms with Crippen molar-refractivity contribution in [2.45, 2.75) is 25.4 Å². The predicted molar refractivity (Wildman–Crippen MR) is 93.4 cm³/mol.